The number of nitrogens with zero attached hydrogens (tertiary/aromatic N) is 2. The van der Waals surface area contributed by atoms with Crippen molar-refractivity contribution in [1.82, 2.24) is 10.2 Å². The van der Waals surface area contributed by atoms with E-state index in [1.807, 2.05) is 0 Å². The van der Waals surface area contributed by atoms with Gasteiger partial charge in [0.15, 0.2) is 15.8 Å². The van der Waals surface area contributed by atoms with Gasteiger partial charge in [-0.05, 0) is 68.4 Å². The van der Waals surface area contributed by atoms with Gasteiger partial charge in [0.25, 0.3) is 0 Å². The van der Waals surface area contributed by atoms with E-state index in [4.69, 9.17) is 9.47 Å². The molecule has 2 N–H and O–H groups in total. The third kappa shape index (κ3) is 3.83. The first-order valence-corrected chi connectivity index (χ1v) is 12.8. The zero-order chi connectivity index (χ0) is 21.7. The third-order valence-corrected chi connectivity index (χ3v) is 9.10. The van der Waals surface area contributed by atoms with Crippen LogP contribution in [0.2, 0.25) is 0 Å². The fraction of sp³-hybridized carbons (Fsp3) is 0.545. The maximum Gasteiger partial charge on any atom is 0.234 e. The van der Waals surface area contributed by atoms with E-state index < -0.39 is 0 Å². The van der Waals surface area contributed by atoms with E-state index in [2.05, 4.69) is 20.8 Å². The van der Waals surface area contributed by atoms with Gasteiger partial charge in [-0.25, -0.2) is 0 Å². The molecule has 1 aromatic carbocycles. The Kier molecular flexibility index (Phi) is 5.02. The minimum absolute atomic E-state index is 0.116. The number of aromatic nitrogens is 2. The van der Waals surface area contributed by atoms with E-state index in [-0.39, 0.29) is 29.8 Å². The van der Waals surface area contributed by atoms with Crippen molar-refractivity contribution in [3.05, 3.63) is 18.2 Å². The molecule has 8 nitrogen and oxygen atoms in total. The van der Waals surface area contributed by atoms with Crippen molar-refractivity contribution in [3.8, 4) is 11.5 Å². The molecule has 4 aliphatic carbocycles. The van der Waals surface area contributed by atoms with Crippen molar-refractivity contribution >= 4 is 45.7 Å². The third-order valence-electron chi connectivity index (χ3n) is 7.13. The number of carbonyl (C=O) groups excluding carboxylic acids is 2. The SMILES string of the molecule is O=C(CSc1nnc(NC(=O)C23CC4CC(CC(C4)C2)C3)s1)Nc1ccc2c(c1)OCO2. The molecule has 0 spiro atoms. The van der Waals surface area contributed by atoms with Crippen molar-refractivity contribution in [2.75, 3.05) is 23.2 Å². The molecule has 32 heavy (non-hydrogen) atoms. The number of fused-ring (bicyclic) bond motifs is 1. The van der Waals surface area contributed by atoms with Gasteiger partial charge in [0.05, 0.1) is 11.2 Å². The van der Waals surface area contributed by atoms with Crippen LogP contribution < -0.4 is 20.1 Å². The first-order chi connectivity index (χ1) is 15.5. The van der Waals surface area contributed by atoms with Crippen LogP contribution in [-0.4, -0.2) is 34.6 Å². The van der Waals surface area contributed by atoms with Gasteiger partial charge in [-0.15, -0.1) is 10.2 Å². The second-order valence-electron chi connectivity index (χ2n) is 9.43. The lowest BCUT2D eigenvalue weighted by Gasteiger charge is -2.55. The second-order valence-corrected chi connectivity index (χ2v) is 11.6. The Labute approximate surface area is 193 Å². The average Bonchev–Trinajstić information content (AvgIpc) is 3.40. The molecule has 0 unspecified atom stereocenters. The first-order valence-electron chi connectivity index (χ1n) is 11.0. The molecular weight excluding hydrogens is 448 g/mol. The molecule has 7 rings (SSSR count). The quantitative estimate of drug-likeness (QED) is 0.481. The molecule has 168 valence electrons. The molecule has 1 aliphatic heterocycles. The van der Waals surface area contributed by atoms with Gasteiger partial charge in [-0.1, -0.05) is 23.1 Å². The summed E-state index contributed by atoms with van der Waals surface area (Å²) in [6.07, 6.45) is 6.98. The van der Waals surface area contributed by atoms with Crippen LogP contribution >= 0.6 is 23.1 Å². The fourth-order valence-corrected chi connectivity index (χ4v) is 7.78. The Balaban J connectivity index is 1.03. The van der Waals surface area contributed by atoms with Crippen LogP contribution in [0, 0.1) is 23.2 Å². The molecule has 2 amide bonds. The summed E-state index contributed by atoms with van der Waals surface area (Å²) in [4.78, 5) is 25.5. The summed E-state index contributed by atoms with van der Waals surface area (Å²) in [5, 5.41) is 14.7. The van der Waals surface area contributed by atoms with E-state index in [0.29, 0.717) is 26.7 Å². The van der Waals surface area contributed by atoms with Crippen LogP contribution in [0.3, 0.4) is 0 Å². The van der Waals surface area contributed by atoms with E-state index in [0.717, 1.165) is 37.0 Å². The number of thioether (sulfide) groups is 1. The Morgan fingerprint density at radius 1 is 1.03 bits per heavy atom. The largest absolute Gasteiger partial charge is 0.454 e. The van der Waals surface area contributed by atoms with Gasteiger partial charge < -0.3 is 20.1 Å². The van der Waals surface area contributed by atoms with Crippen LogP contribution in [0.5, 0.6) is 11.5 Å². The molecule has 2 heterocycles. The van der Waals surface area contributed by atoms with Crippen LogP contribution in [0.1, 0.15) is 38.5 Å². The number of ether oxygens (including phenoxy) is 2. The standard InChI is InChI=1S/C22H24N4O4S2/c27-18(23-15-1-2-16-17(6-15)30-11-29-16)10-31-21-26-25-20(32-21)24-19(28)22-7-12-3-13(8-22)5-14(4-12)9-22/h1-2,6,12-14H,3-5,7-11H2,(H,23,27)(H,24,25,28). The zero-order valence-corrected chi connectivity index (χ0v) is 19.1. The lowest BCUT2D eigenvalue weighted by Crippen LogP contribution is -2.51. The maximum absolute atomic E-state index is 13.2. The van der Waals surface area contributed by atoms with Crippen LogP contribution in [0.25, 0.3) is 0 Å². The molecule has 10 heteroatoms. The molecule has 0 radical (unpaired) electrons. The predicted molar refractivity (Wildman–Crippen MR) is 121 cm³/mol. The van der Waals surface area contributed by atoms with Gasteiger partial charge in [0, 0.05) is 11.8 Å². The highest BCUT2D eigenvalue weighted by Gasteiger charge is 2.54. The molecular formula is C22H24N4O4S2. The smallest absolute Gasteiger partial charge is 0.234 e. The number of carbonyl (C=O) groups is 2. The van der Waals surface area contributed by atoms with Gasteiger partial charge in [-0.2, -0.15) is 0 Å². The molecule has 4 bridgehead atoms. The number of benzene rings is 1. The normalized spacial score (nSPS) is 29.2. The number of rotatable bonds is 6. The van der Waals surface area contributed by atoms with Crippen molar-refractivity contribution < 1.29 is 19.1 Å². The van der Waals surface area contributed by atoms with Crippen LogP contribution in [0.15, 0.2) is 22.5 Å². The van der Waals surface area contributed by atoms with E-state index in [1.54, 1.807) is 18.2 Å². The zero-order valence-electron chi connectivity index (χ0n) is 17.5. The lowest BCUT2D eigenvalue weighted by molar-refractivity contribution is -0.140. The van der Waals surface area contributed by atoms with E-state index in [9.17, 15) is 9.59 Å². The second kappa shape index (κ2) is 7.91. The van der Waals surface area contributed by atoms with Crippen LogP contribution in [0.4, 0.5) is 10.8 Å². The molecule has 2 aromatic rings. The summed E-state index contributed by atoms with van der Waals surface area (Å²) in [5.74, 6) is 3.62. The Hall–Kier alpha value is -2.33. The monoisotopic (exact) mass is 472 g/mol. The summed E-state index contributed by atoms with van der Waals surface area (Å²) in [6.45, 7) is 0.196. The molecule has 5 aliphatic rings. The van der Waals surface area contributed by atoms with Gasteiger partial charge in [0.2, 0.25) is 23.7 Å². The van der Waals surface area contributed by atoms with Crippen molar-refractivity contribution in [3.63, 3.8) is 0 Å². The highest BCUT2D eigenvalue weighted by atomic mass is 32.2. The molecule has 4 saturated carbocycles. The molecule has 1 aromatic heterocycles. The number of hydrogen-bond donors (Lipinski definition) is 2. The van der Waals surface area contributed by atoms with Crippen molar-refractivity contribution in [2.45, 2.75) is 42.9 Å². The van der Waals surface area contributed by atoms with Gasteiger partial charge >= 0.3 is 0 Å². The number of amides is 2. The van der Waals surface area contributed by atoms with Crippen molar-refractivity contribution in [2.24, 2.45) is 23.2 Å². The average molecular weight is 473 g/mol. The number of hydrogen-bond acceptors (Lipinski definition) is 8. The fourth-order valence-electron chi connectivity index (χ4n) is 6.24. The maximum atomic E-state index is 13.2. The Morgan fingerprint density at radius 2 is 1.75 bits per heavy atom. The first kappa shape index (κ1) is 20.3. The number of nitrogens with one attached hydrogen (secondary N) is 2. The molecule has 0 atom stereocenters. The minimum Gasteiger partial charge on any atom is -0.454 e. The summed E-state index contributed by atoms with van der Waals surface area (Å²) >= 11 is 2.63. The number of anilines is 2. The van der Waals surface area contributed by atoms with Crippen LogP contribution in [-0.2, 0) is 9.59 Å². The van der Waals surface area contributed by atoms with Crippen molar-refractivity contribution in [1.29, 1.82) is 0 Å². The highest BCUT2D eigenvalue weighted by molar-refractivity contribution is 8.01. The highest BCUT2D eigenvalue weighted by Crippen LogP contribution is 2.60. The van der Waals surface area contributed by atoms with E-state index in [1.165, 1.54) is 42.4 Å². The summed E-state index contributed by atoms with van der Waals surface area (Å²) in [5.41, 5.74) is 0.443. The van der Waals surface area contributed by atoms with E-state index >= 15 is 0 Å². The predicted octanol–water partition coefficient (Wildman–Crippen LogP) is 4.15. The molecule has 4 fully saturated rings. The van der Waals surface area contributed by atoms with Gasteiger partial charge in [0.1, 0.15) is 0 Å². The van der Waals surface area contributed by atoms with Gasteiger partial charge in [-0.3, -0.25) is 9.59 Å². The summed E-state index contributed by atoms with van der Waals surface area (Å²) < 4.78 is 11.3. The molecule has 0 saturated heterocycles. The lowest BCUT2D eigenvalue weighted by atomic mass is 9.49. The Bertz CT molecular complexity index is 1040. The minimum atomic E-state index is -0.210. The summed E-state index contributed by atoms with van der Waals surface area (Å²) in [6, 6.07) is 5.29. The summed E-state index contributed by atoms with van der Waals surface area (Å²) in [7, 11) is 0. The topological polar surface area (TPSA) is 102 Å². The Morgan fingerprint density at radius 3 is 2.50 bits per heavy atom.